The number of nitrogens with one attached hydrogen (secondary N) is 2. The third-order valence-electron chi connectivity index (χ3n) is 7.42. The van der Waals surface area contributed by atoms with Crippen molar-refractivity contribution < 1.29 is 38.6 Å². The van der Waals surface area contributed by atoms with Crippen LogP contribution in [0.5, 0.6) is 11.5 Å². The van der Waals surface area contributed by atoms with Crippen LogP contribution in [0.2, 0.25) is 0 Å². The molecule has 0 saturated carbocycles. The highest BCUT2D eigenvalue weighted by Gasteiger charge is 2.43. The first-order chi connectivity index (χ1) is 20.1. The number of halogens is 1. The average molecular weight is 675 g/mol. The summed E-state index contributed by atoms with van der Waals surface area (Å²) < 4.78 is 11.5. The van der Waals surface area contributed by atoms with Gasteiger partial charge in [0.15, 0.2) is 11.9 Å². The number of ether oxygens (including phenoxy) is 2. The minimum atomic E-state index is -1.48. The Morgan fingerprint density at radius 1 is 1.18 bits per heavy atom. The highest BCUT2D eigenvalue weighted by atomic mass is 79.9. The molecule has 1 atom stereocenters. The number of carboxylic acid groups (broad SMARTS) is 1. The van der Waals surface area contributed by atoms with E-state index in [0.717, 1.165) is 5.56 Å². The number of benzene rings is 2. The van der Waals surface area contributed by atoms with Crippen LogP contribution < -0.4 is 25.4 Å². The monoisotopic (exact) mass is 673 g/mol. The van der Waals surface area contributed by atoms with Gasteiger partial charge < -0.3 is 30.5 Å². The zero-order valence-electron chi connectivity index (χ0n) is 25.3. The molecule has 4 rings (SSSR count). The maximum Gasteiger partial charge on any atom is 0.326 e. The van der Waals surface area contributed by atoms with Crippen molar-refractivity contribution in [1.29, 1.82) is 5.41 Å². The minimum Gasteiger partial charge on any atom is -0.493 e. The Balaban J connectivity index is 0.00000529. The second-order valence-corrected chi connectivity index (χ2v) is 11.4. The van der Waals surface area contributed by atoms with E-state index in [9.17, 15) is 29.1 Å². The Kier molecular flexibility index (Phi) is 9.78. The Morgan fingerprint density at radius 3 is 2.39 bits per heavy atom. The highest BCUT2D eigenvalue weighted by molar-refractivity contribution is 8.93. The summed E-state index contributed by atoms with van der Waals surface area (Å²) in [7, 11) is 1.50. The molecule has 0 aliphatic carbocycles. The molecule has 14 heteroatoms. The number of aliphatic carboxylic acids is 1. The number of amides is 4. The number of Topliss-reactive ketones (excluding diaryl/α,β-unsaturated/α-hetero) is 1. The minimum absolute atomic E-state index is 0. The van der Waals surface area contributed by atoms with Crippen molar-refractivity contribution in [1.82, 2.24) is 10.2 Å². The van der Waals surface area contributed by atoms with Crippen molar-refractivity contribution in [2.75, 3.05) is 25.1 Å². The van der Waals surface area contributed by atoms with Gasteiger partial charge in [-0.1, -0.05) is 20.8 Å². The van der Waals surface area contributed by atoms with Crippen molar-refractivity contribution in [2.45, 2.75) is 59.1 Å². The molecule has 2 aromatic carbocycles. The van der Waals surface area contributed by atoms with E-state index < -0.39 is 41.6 Å². The molecule has 0 radical (unpaired) electrons. The first-order valence-electron chi connectivity index (χ1n) is 13.7. The number of carbonyl (C=O) groups is 5. The second-order valence-electron chi connectivity index (χ2n) is 11.4. The third kappa shape index (κ3) is 6.11. The first-order valence-corrected chi connectivity index (χ1v) is 13.7. The van der Waals surface area contributed by atoms with E-state index in [4.69, 9.17) is 20.6 Å². The highest BCUT2D eigenvalue weighted by Crippen LogP contribution is 2.46. The molecule has 2 aliphatic heterocycles. The van der Waals surface area contributed by atoms with Crippen LogP contribution in [-0.4, -0.2) is 71.7 Å². The largest absolute Gasteiger partial charge is 0.493 e. The molecule has 2 heterocycles. The van der Waals surface area contributed by atoms with Gasteiger partial charge in [0.2, 0.25) is 0 Å². The summed E-state index contributed by atoms with van der Waals surface area (Å²) in [5, 5.41) is 20.7. The van der Waals surface area contributed by atoms with Crippen LogP contribution in [-0.2, 0) is 21.5 Å². The summed E-state index contributed by atoms with van der Waals surface area (Å²) >= 11 is 0. The van der Waals surface area contributed by atoms with E-state index in [1.165, 1.54) is 7.05 Å². The number of nitrogens with zero attached hydrogens (tertiary/aromatic N) is 2. The summed E-state index contributed by atoms with van der Waals surface area (Å²) in [6.45, 7) is 9.22. The van der Waals surface area contributed by atoms with Gasteiger partial charge in [-0.25, -0.2) is 9.69 Å². The molecule has 1 unspecified atom stereocenters. The number of carbonyl (C=O) groups excluding carboxylic acids is 4. The average Bonchev–Trinajstić information content (AvgIpc) is 3.21. The normalized spacial score (nSPS) is 15.5. The van der Waals surface area contributed by atoms with Crippen LogP contribution in [0.15, 0.2) is 18.2 Å². The Bertz CT molecular complexity index is 1580. The van der Waals surface area contributed by atoms with Crippen molar-refractivity contribution >= 4 is 58.1 Å². The van der Waals surface area contributed by atoms with Gasteiger partial charge >= 0.3 is 12.0 Å². The smallest absolute Gasteiger partial charge is 0.326 e. The molecule has 4 amide bonds. The topological polar surface area (TPSA) is 192 Å². The van der Waals surface area contributed by atoms with Gasteiger partial charge in [0.05, 0.1) is 30.8 Å². The third-order valence-corrected chi connectivity index (χ3v) is 7.42. The number of anilines is 1. The maximum absolute atomic E-state index is 13.9. The van der Waals surface area contributed by atoms with Gasteiger partial charge in [0, 0.05) is 30.3 Å². The van der Waals surface area contributed by atoms with Crippen LogP contribution in [0, 0.1) is 12.3 Å². The molecular weight excluding hydrogens is 638 g/mol. The molecule has 0 bridgehead atoms. The first kappa shape index (κ1) is 34.0. The van der Waals surface area contributed by atoms with E-state index in [1.54, 1.807) is 36.9 Å². The van der Waals surface area contributed by atoms with Gasteiger partial charge in [-0.15, -0.1) is 17.0 Å². The number of urea groups is 1. The molecule has 2 aromatic rings. The number of imide groups is 1. The van der Waals surface area contributed by atoms with Crippen LogP contribution in [0.3, 0.4) is 0 Å². The lowest BCUT2D eigenvalue weighted by Gasteiger charge is -2.37. The molecule has 0 aromatic heterocycles. The number of rotatable bonds is 8. The number of nitrogens with two attached hydrogens (primary N) is 1. The second kappa shape index (κ2) is 12.6. The molecule has 5 N–H and O–H groups in total. The predicted molar refractivity (Wildman–Crippen MR) is 167 cm³/mol. The number of fused-ring (bicyclic) bond motifs is 2. The fraction of sp³-hybridized carbons (Fsp3) is 0.400. The van der Waals surface area contributed by atoms with E-state index in [0.29, 0.717) is 28.4 Å². The molecule has 2 aliphatic rings. The molecule has 0 fully saturated rings. The van der Waals surface area contributed by atoms with Crippen LogP contribution in [0.4, 0.5) is 10.5 Å². The van der Waals surface area contributed by atoms with E-state index in [-0.39, 0.29) is 69.9 Å². The van der Waals surface area contributed by atoms with Gasteiger partial charge in [-0.2, -0.15) is 0 Å². The fourth-order valence-electron chi connectivity index (χ4n) is 5.34. The maximum atomic E-state index is 13.9. The summed E-state index contributed by atoms with van der Waals surface area (Å²) in [5.41, 5.74) is 7.33. The van der Waals surface area contributed by atoms with Crippen LogP contribution >= 0.6 is 17.0 Å². The number of primary amides is 1. The van der Waals surface area contributed by atoms with E-state index >= 15 is 0 Å². The number of hydrogen-bond acceptors (Lipinski definition) is 8. The van der Waals surface area contributed by atoms with E-state index in [1.807, 2.05) is 20.8 Å². The van der Waals surface area contributed by atoms with Crippen molar-refractivity contribution in [3.63, 3.8) is 0 Å². The lowest BCUT2D eigenvalue weighted by Crippen LogP contribution is -2.52. The molecular formula is C30H36BrN5O8. The summed E-state index contributed by atoms with van der Waals surface area (Å²) in [6, 6.07) is 3.76. The van der Waals surface area contributed by atoms with Gasteiger partial charge in [-0.3, -0.25) is 24.6 Å². The predicted octanol–water partition coefficient (Wildman–Crippen LogP) is 3.30. The number of hydrogen-bond donors (Lipinski definition) is 4. The zero-order chi connectivity index (χ0) is 32.0. The number of carboxylic acids is 1. The lowest BCUT2D eigenvalue weighted by atomic mass is 9.82. The fourth-order valence-corrected chi connectivity index (χ4v) is 5.34. The number of amidine groups is 1. The molecule has 236 valence electrons. The van der Waals surface area contributed by atoms with Crippen LogP contribution in [0.1, 0.15) is 77.1 Å². The summed E-state index contributed by atoms with van der Waals surface area (Å²) in [5.74, 6) is -2.46. The molecule has 44 heavy (non-hydrogen) atoms. The van der Waals surface area contributed by atoms with Crippen molar-refractivity contribution in [3.05, 3.63) is 51.6 Å². The lowest BCUT2D eigenvalue weighted by molar-refractivity contribution is -0.142. The Hall–Kier alpha value is -4.46. The summed E-state index contributed by atoms with van der Waals surface area (Å²) in [6.07, 6.45) is -2.17. The van der Waals surface area contributed by atoms with Crippen molar-refractivity contribution in [2.24, 2.45) is 5.73 Å². The molecule has 0 spiro atoms. The van der Waals surface area contributed by atoms with Crippen LogP contribution in [0.25, 0.3) is 0 Å². The number of ketones is 1. The Labute approximate surface area is 264 Å². The van der Waals surface area contributed by atoms with Crippen molar-refractivity contribution in [3.8, 4) is 11.5 Å². The zero-order valence-corrected chi connectivity index (χ0v) is 27.0. The van der Waals surface area contributed by atoms with Gasteiger partial charge in [-0.05, 0) is 48.6 Å². The molecule has 0 saturated heterocycles. The van der Waals surface area contributed by atoms with E-state index in [2.05, 4.69) is 5.32 Å². The van der Waals surface area contributed by atoms with Gasteiger partial charge in [0.1, 0.15) is 17.3 Å². The SMILES string of the molecule is Br.CCOc1cc2c(cc1C(=O)NC)C(=N)N(CC(=O)c1cc(C(C)(C)C)c3c(c1C)N(C(N)=O)C(=O)C(CC(=O)O)O3)C2. The standard InChI is InChI=1S/C30H35N5O8.BrH/c1-7-42-21-8-15-12-34(26(31)17(15)9-18(21)27(39)33-6)13-20(36)16-10-19(30(3,4)5)25-24(14(16)2)35(29(32)41)28(40)22(43-25)11-23(37)38;/h8-10,22,31H,7,11-13H2,1-6H3,(H2,32,41)(H,33,39)(H,37,38);1H. The Morgan fingerprint density at radius 2 is 1.84 bits per heavy atom. The quantitative estimate of drug-likeness (QED) is 0.304. The summed E-state index contributed by atoms with van der Waals surface area (Å²) in [4.78, 5) is 65.7. The molecule has 13 nitrogen and oxygen atoms in total. The van der Waals surface area contributed by atoms with Gasteiger partial charge in [0.25, 0.3) is 11.8 Å².